The molecule has 0 spiro atoms. The van der Waals surface area contributed by atoms with Gasteiger partial charge in [0.25, 0.3) is 0 Å². The number of hydrogen-bond acceptors (Lipinski definition) is 6. The summed E-state index contributed by atoms with van der Waals surface area (Å²) in [6.45, 7) is 6.44. The third-order valence-electron chi connectivity index (χ3n) is 12.0. The van der Waals surface area contributed by atoms with Gasteiger partial charge in [-0.2, -0.15) is 0 Å². The third-order valence-corrected chi connectivity index (χ3v) is 12.0. The van der Waals surface area contributed by atoms with Gasteiger partial charge in [-0.1, -0.05) is 267 Å². The highest BCUT2D eigenvalue weighted by molar-refractivity contribution is 5.71. The molecule has 0 aromatic carbocycles. The van der Waals surface area contributed by atoms with E-state index >= 15 is 0 Å². The summed E-state index contributed by atoms with van der Waals surface area (Å²) in [6.07, 6.45) is 69.3. The Morgan fingerprint density at radius 2 is 0.591 bits per heavy atom. The Morgan fingerprint density at radius 1 is 0.318 bits per heavy atom. The number of unbranched alkanes of at least 4 members (excludes halogenated alkanes) is 27. The smallest absolute Gasteiger partial charge is 0.306 e. The molecule has 0 radical (unpaired) electrons. The van der Waals surface area contributed by atoms with Gasteiger partial charge in [-0.25, -0.2) is 0 Å². The van der Waals surface area contributed by atoms with Crippen molar-refractivity contribution in [1.82, 2.24) is 0 Å². The van der Waals surface area contributed by atoms with E-state index in [1.807, 2.05) is 6.08 Å². The van der Waals surface area contributed by atoms with Crippen LogP contribution in [0.3, 0.4) is 0 Å². The van der Waals surface area contributed by atoms with Crippen LogP contribution in [0.2, 0.25) is 0 Å². The Morgan fingerprint density at radius 3 is 0.894 bits per heavy atom. The highest BCUT2D eigenvalue weighted by atomic mass is 16.6. The van der Waals surface area contributed by atoms with Gasteiger partial charge in [0.1, 0.15) is 13.2 Å². The minimum Gasteiger partial charge on any atom is -0.462 e. The van der Waals surface area contributed by atoms with E-state index in [2.05, 4.69) is 87.6 Å². The van der Waals surface area contributed by atoms with Crippen LogP contribution >= 0.6 is 0 Å². The van der Waals surface area contributed by atoms with Gasteiger partial charge in [-0.15, -0.1) is 0 Å². The molecule has 0 amide bonds. The quantitative estimate of drug-likeness (QED) is 0.0262. The molecule has 0 saturated carbocycles. The number of allylic oxidation sites excluding steroid dienone is 12. The topological polar surface area (TPSA) is 78.9 Å². The average Bonchev–Trinajstić information content (AvgIpc) is 3.31. The molecule has 0 saturated heterocycles. The van der Waals surface area contributed by atoms with E-state index < -0.39 is 12.1 Å². The summed E-state index contributed by atoms with van der Waals surface area (Å²) in [4.78, 5) is 37.9. The van der Waals surface area contributed by atoms with Gasteiger partial charge < -0.3 is 14.2 Å². The van der Waals surface area contributed by atoms with E-state index in [1.54, 1.807) is 0 Å². The molecule has 0 aliphatic heterocycles. The molecule has 0 aromatic heterocycles. The number of ether oxygens (including phenoxy) is 3. The lowest BCUT2D eigenvalue weighted by atomic mass is 10.0. The van der Waals surface area contributed by atoms with Crippen LogP contribution in [0.15, 0.2) is 72.9 Å². The molecule has 6 nitrogen and oxygen atoms in total. The van der Waals surface area contributed by atoms with Gasteiger partial charge in [-0.3, -0.25) is 14.4 Å². The number of rotatable bonds is 50. The molecule has 0 bridgehead atoms. The average molecular weight is 921 g/mol. The molecule has 1 atom stereocenters. The highest BCUT2D eigenvalue weighted by Crippen LogP contribution is 2.16. The lowest BCUT2D eigenvalue weighted by Crippen LogP contribution is -2.30. The summed E-state index contributed by atoms with van der Waals surface area (Å²) in [5.41, 5.74) is 0. The van der Waals surface area contributed by atoms with E-state index in [9.17, 15) is 14.4 Å². The van der Waals surface area contributed by atoms with E-state index in [0.29, 0.717) is 19.3 Å². The first-order valence-electron chi connectivity index (χ1n) is 27.9. The normalized spacial score (nSPS) is 12.6. The monoisotopic (exact) mass is 921 g/mol. The maximum Gasteiger partial charge on any atom is 0.306 e. The summed E-state index contributed by atoms with van der Waals surface area (Å²) in [5, 5.41) is 0. The fourth-order valence-electron chi connectivity index (χ4n) is 7.82. The van der Waals surface area contributed by atoms with E-state index in [1.165, 1.54) is 148 Å². The summed E-state index contributed by atoms with van der Waals surface area (Å²) in [6, 6.07) is 0. The van der Waals surface area contributed by atoms with Crippen LogP contribution in [0.25, 0.3) is 0 Å². The maximum absolute atomic E-state index is 12.8. The highest BCUT2D eigenvalue weighted by Gasteiger charge is 2.19. The van der Waals surface area contributed by atoms with Gasteiger partial charge in [0, 0.05) is 19.3 Å². The van der Waals surface area contributed by atoms with Crippen molar-refractivity contribution in [2.24, 2.45) is 0 Å². The predicted octanol–water partition coefficient (Wildman–Crippen LogP) is 18.6. The SMILES string of the molecule is CC/C=C\C/C=C\C/C=C\C/C=C\C/C=C\C/C=C\CCC(=O)OC(COC(=O)CCCCCCCCC)COC(=O)CCCCCCCCCCCCCCCCCCCCCCCC. The van der Waals surface area contributed by atoms with Gasteiger partial charge in [-0.05, 0) is 57.8 Å². The minimum atomic E-state index is -0.811. The van der Waals surface area contributed by atoms with Crippen LogP contribution in [0, 0.1) is 0 Å². The predicted molar refractivity (Wildman–Crippen MR) is 284 cm³/mol. The van der Waals surface area contributed by atoms with Crippen molar-refractivity contribution in [1.29, 1.82) is 0 Å². The van der Waals surface area contributed by atoms with E-state index in [4.69, 9.17) is 14.2 Å². The Kier molecular flexibility index (Phi) is 51.9. The molecule has 66 heavy (non-hydrogen) atoms. The van der Waals surface area contributed by atoms with E-state index in [0.717, 1.165) is 77.0 Å². The first-order chi connectivity index (χ1) is 32.5. The molecule has 6 heteroatoms. The zero-order valence-corrected chi connectivity index (χ0v) is 43.4. The van der Waals surface area contributed by atoms with Gasteiger partial charge in [0.2, 0.25) is 0 Å². The molecular weight excluding hydrogens is 817 g/mol. The molecule has 380 valence electrons. The zero-order valence-electron chi connectivity index (χ0n) is 43.4. The van der Waals surface area contributed by atoms with Gasteiger partial charge in [0.05, 0.1) is 0 Å². The van der Waals surface area contributed by atoms with Crippen molar-refractivity contribution in [3.63, 3.8) is 0 Å². The fourth-order valence-corrected chi connectivity index (χ4v) is 7.82. The standard InChI is InChI=1S/C60H104O6/c1-4-7-10-13-16-18-20-22-24-26-28-29-30-32-33-35-37-39-41-44-47-50-53-59(62)65-56-57(55-64-58(61)52-49-46-43-15-12-9-6-3)66-60(63)54-51-48-45-42-40-38-36-34-31-27-25-23-21-19-17-14-11-8-5-2/h8,11,17,19,23,25,31,34,38,40,45,48,57H,4-7,9-10,12-16,18,20-22,24,26-30,32-33,35-37,39,41-44,46-47,49-56H2,1-3H3/b11-8-,19-17-,25-23-,34-31-,40-38-,48-45-. The van der Waals surface area contributed by atoms with Crippen LogP contribution in [-0.4, -0.2) is 37.2 Å². The number of carbonyl (C=O) groups is 3. The molecule has 0 N–H and O–H groups in total. The third kappa shape index (κ3) is 51.8. The second-order valence-electron chi connectivity index (χ2n) is 18.5. The largest absolute Gasteiger partial charge is 0.462 e. The van der Waals surface area contributed by atoms with Crippen molar-refractivity contribution in [2.45, 2.75) is 277 Å². The van der Waals surface area contributed by atoms with Crippen molar-refractivity contribution < 1.29 is 28.6 Å². The molecule has 1 unspecified atom stereocenters. The lowest BCUT2D eigenvalue weighted by molar-refractivity contribution is -0.166. The first kappa shape index (κ1) is 62.8. The van der Waals surface area contributed by atoms with Crippen molar-refractivity contribution in [3.05, 3.63) is 72.9 Å². The molecule has 0 heterocycles. The Hall–Kier alpha value is -3.15. The van der Waals surface area contributed by atoms with Crippen molar-refractivity contribution in [2.75, 3.05) is 13.2 Å². The number of carbonyl (C=O) groups excluding carboxylic acids is 3. The van der Waals surface area contributed by atoms with Gasteiger partial charge in [0.15, 0.2) is 6.10 Å². The van der Waals surface area contributed by atoms with Crippen LogP contribution in [0.4, 0.5) is 0 Å². The number of hydrogen-bond donors (Lipinski definition) is 0. The number of esters is 3. The van der Waals surface area contributed by atoms with Crippen molar-refractivity contribution >= 4 is 17.9 Å². The molecule has 0 rings (SSSR count). The second kappa shape index (κ2) is 54.5. The minimum absolute atomic E-state index is 0.103. The summed E-state index contributed by atoms with van der Waals surface area (Å²) in [7, 11) is 0. The molecule has 0 aliphatic carbocycles. The fraction of sp³-hybridized carbons (Fsp3) is 0.750. The second-order valence-corrected chi connectivity index (χ2v) is 18.5. The molecule has 0 aliphatic rings. The lowest BCUT2D eigenvalue weighted by Gasteiger charge is -2.18. The first-order valence-corrected chi connectivity index (χ1v) is 27.9. The molecular formula is C60H104O6. The Labute approximate surface area is 408 Å². The maximum atomic E-state index is 12.8. The van der Waals surface area contributed by atoms with Crippen LogP contribution in [0.5, 0.6) is 0 Å². The Balaban J connectivity index is 4.27. The van der Waals surface area contributed by atoms with Gasteiger partial charge >= 0.3 is 17.9 Å². The summed E-state index contributed by atoms with van der Waals surface area (Å²) in [5.74, 6) is -0.987. The summed E-state index contributed by atoms with van der Waals surface area (Å²) >= 11 is 0. The van der Waals surface area contributed by atoms with E-state index in [-0.39, 0.29) is 31.6 Å². The molecule has 0 aromatic rings. The zero-order chi connectivity index (χ0) is 47.9. The summed E-state index contributed by atoms with van der Waals surface area (Å²) < 4.78 is 16.7. The van der Waals surface area contributed by atoms with Crippen LogP contribution in [-0.2, 0) is 28.6 Å². The van der Waals surface area contributed by atoms with Crippen LogP contribution in [0.1, 0.15) is 271 Å². The Bertz CT molecular complexity index is 1240. The van der Waals surface area contributed by atoms with Crippen molar-refractivity contribution in [3.8, 4) is 0 Å². The van der Waals surface area contributed by atoms with Crippen LogP contribution < -0.4 is 0 Å². The molecule has 0 fully saturated rings.